The van der Waals surface area contributed by atoms with E-state index in [0.29, 0.717) is 0 Å². The maximum absolute atomic E-state index is 11.9. The number of hydrogen-bond acceptors (Lipinski definition) is 1. The maximum atomic E-state index is 11.9. The van der Waals surface area contributed by atoms with Gasteiger partial charge in [0.1, 0.15) is 0 Å². The smallest absolute Gasteiger partial charge is 0.228 e. The molecule has 0 N–H and O–H groups in total. The van der Waals surface area contributed by atoms with Gasteiger partial charge in [0.05, 0.1) is 0 Å². The van der Waals surface area contributed by atoms with E-state index < -0.39 is 0 Å². The Bertz CT molecular complexity index is 540. The van der Waals surface area contributed by atoms with Gasteiger partial charge in [-0.2, -0.15) is 0 Å². The van der Waals surface area contributed by atoms with E-state index in [-0.39, 0.29) is 5.91 Å². The molecule has 0 bridgehead atoms. The molecular formula is C16H17NO. The van der Waals surface area contributed by atoms with E-state index in [1.807, 2.05) is 56.3 Å². The number of nitrogens with zero attached hydrogens (tertiary/aromatic N) is 1. The largest absolute Gasteiger partial charge is 0.281 e. The van der Waals surface area contributed by atoms with Crippen LogP contribution in [0.2, 0.25) is 0 Å². The van der Waals surface area contributed by atoms with Crippen molar-refractivity contribution >= 4 is 17.3 Å². The first-order chi connectivity index (χ1) is 8.58. The van der Waals surface area contributed by atoms with Gasteiger partial charge >= 0.3 is 0 Å². The van der Waals surface area contributed by atoms with Crippen LogP contribution in [-0.4, -0.2) is 5.91 Å². The van der Waals surface area contributed by atoms with Gasteiger partial charge in [0, 0.05) is 18.3 Å². The van der Waals surface area contributed by atoms with Gasteiger partial charge in [0.15, 0.2) is 0 Å². The average Bonchev–Trinajstić information content (AvgIpc) is 2.28. The normalized spacial score (nSPS) is 10.2. The van der Waals surface area contributed by atoms with E-state index >= 15 is 0 Å². The second kappa shape index (κ2) is 5.05. The van der Waals surface area contributed by atoms with Gasteiger partial charge in [-0.3, -0.25) is 9.69 Å². The fraction of sp³-hybridized carbons (Fsp3) is 0.188. The Morgan fingerprint density at radius 3 is 1.94 bits per heavy atom. The minimum Gasteiger partial charge on any atom is -0.281 e. The zero-order chi connectivity index (χ0) is 13.1. The molecule has 0 saturated carbocycles. The Balaban J connectivity index is 2.52. The van der Waals surface area contributed by atoms with E-state index in [0.717, 1.165) is 22.5 Å². The summed E-state index contributed by atoms with van der Waals surface area (Å²) in [5, 5.41) is 0. The lowest BCUT2D eigenvalue weighted by molar-refractivity contribution is -0.115. The molecule has 2 aromatic rings. The molecule has 2 rings (SSSR count). The van der Waals surface area contributed by atoms with E-state index in [2.05, 4.69) is 6.07 Å². The Hall–Kier alpha value is -2.09. The zero-order valence-electron chi connectivity index (χ0n) is 11.0. The van der Waals surface area contributed by atoms with Crippen molar-refractivity contribution in [1.82, 2.24) is 0 Å². The highest BCUT2D eigenvalue weighted by atomic mass is 16.2. The molecule has 0 aliphatic carbocycles. The monoisotopic (exact) mass is 239 g/mol. The second-order valence-corrected chi connectivity index (χ2v) is 4.54. The van der Waals surface area contributed by atoms with E-state index in [9.17, 15) is 4.79 Å². The van der Waals surface area contributed by atoms with Crippen LogP contribution in [0.4, 0.5) is 11.4 Å². The van der Waals surface area contributed by atoms with Gasteiger partial charge in [0.25, 0.3) is 0 Å². The molecule has 0 spiro atoms. The van der Waals surface area contributed by atoms with Gasteiger partial charge < -0.3 is 0 Å². The standard InChI is InChI=1S/C16H17NO/c1-12-9-13(2)11-16(10-12)17(14(3)18)15-7-5-4-6-8-15/h4-11H,1-3H3. The lowest BCUT2D eigenvalue weighted by atomic mass is 10.1. The summed E-state index contributed by atoms with van der Waals surface area (Å²) in [6, 6.07) is 15.9. The summed E-state index contributed by atoms with van der Waals surface area (Å²) in [5.41, 5.74) is 4.14. The zero-order valence-corrected chi connectivity index (χ0v) is 11.0. The van der Waals surface area contributed by atoms with Gasteiger partial charge in [-0.25, -0.2) is 0 Å². The van der Waals surface area contributed by atoms with Crippen LogP contribution in [0.1, 0.15) is 18.1 Å². The minimum absolute atomic E-state index is 0.0196. The molecule has 2 heteroatoms. The number of amides is 1. The van der Waals surface area contributed by atoms with Gasteiger partial charge in [0.2, 0.25) is 5.91 Å². The lowest BCUT2D eigenvalue weighted by Gasteiger charge is -2.22. The third kappa shape index (κ3) is 2.59. The summed E-state index contributed by atoms with van der Waals surface area (Å²) in [4.78, 5) is 13.6. The van der Waals surface area contributed by atoms with Crippen LogP contribution in [0.5, 0.6) is 0 Å². The quantitative estimate of drug-likeness (QED) is 0.776. The second-order valence-electron chi connectivity index (χ2n) is 4.54. The molecule has 0 heterocycles. The predicted molar refractivity (Wildman–Crippen MR) is 75.2 cm³/mol. The van der Waals surface area contributed by atoms with E-state index in [1.165, 1.54) is 0 Å². The summed E-state index contributed by atoms with van der Waals surface area (Å²) < 4.78 is 0. The fourth-order valence-corrected chi connectivity index (χ4v) is 2.17. The van der Waals surface area contributed by atoms with Crippen LogP contribution < -0.4 is 4.90 Å². The van der Waals surface area contributed by atoms with Gasteiger partial charge in [-0.15, -0.1) is 0 Å². The number of hydrogen-bond donors (Lipinski definition) is 0. The van der Waals surface area contributed by atoms with Crippen LogP contribution in [0, 0.1) is 13.8 Å². The fourth-order valence-electron chi connectivity index (χ4n) is 2.17. The van der Waals surface area contributed by atoms with Crippen molar-refractivity contribution in [3.05, 3.63) is 59.7 Å². The van der Waals surface area contributed by atoms with Crippen LogP contribution in [0.25, 0.3) is 0 Å². The molecule has 92 valence electrons. The average molecular weight is 239 g/mol. The molecule has 0 aliphatic rings. The van der Waals surface area contributed by atoms with Crippen LogP contribution in [0.3, 0.4) is 0 Å². The van der Waals surface area contributed by atoms with Crippen molar-refractivity contribution in [3.8, 4) is 0 Å². The summed E-state index contributed by atoms with van der Waals surface area (Å²) in [6.45, 7) is 5.67. The number of anilines is 2. The van der Waals surface area contributed by atoms with Crippen molar-refractivity contribution in [2.24, 2.45) is 0 Å². The highest BCUT2D eigenvalue weighted by molar-refractivity contribution is 5.99. The molecule has 18 heavy (non-hydrogen) atoms. The van der Waals surface area contributed by atoms with Crippen molar-refractivity contribution in [3.63, 3.8) is 0 Å². The van der Waals surface area contributed by atoms with Crippen LogP contribution >= 0.6 is 0 Å². The summed E-state index contributed by atoms with van der Waals surface area (Å²) in [5.74, 6) is 0.0196. The molecule has 0 atom stereocenters. The molecule has 0 saturated heterocycles. The van der Waals surface area contributed by atoms with Crippen LogP contribution in [-0.2, 0) is 4.79 Å². The lowest BCUT2D eigenvalue weighted by Crippen LogP contribution is -2.22. The molecule has 0 aromatic heterocycles. The molecule has 0 unspecified atom stereocenters. The Labute approximate surface area is 108 Å². The topological polar surface area (TPSA) is 20.3 Å². The first-order valence-corrected chi connectivity index (χ1v) is 6.02. The molecule has 0 radical (unpaired) electrons. The number of carbonyl (C=O) groups is 1. The number of benzene rings is 2. The van der Waals surface area contributed by atoms with Crippen molar-refractivity contribution in [2.45, 2.75) is 20.8 Å². The number of aryl methyl sites for hydroxylation is 2. The molecule has 0 aliphatic heterocycles. The first kappa shape index (κ1) is 12.4. The predicted octanol–water partition coefficient (Wildman–Crippen LogP) is 3.99. The van der Waals surface area contributed by atoms with Crippen molar-refractivity contribution in [2.75, 3.05) is 4.90 Å². The minimum atomic E-state index is 0.0196. The molecule has 1 amide bonds. The third-order valence-electron chi connectivity index (χ3n) is 2.79. The van der Waals surface area contributed by atoms with Crippen LogP contribution in [0.15, 0.2) is 48.5 Å². The molecule has 2 aromatic carbocycles. The number of para-hydroxylation sites is 1. The number of carbonyl (C=O) groups excluding carboxylic acids is 1. The number of rotatable bonds is 2. The summed E-state index contributed by atoms with van der Waals surface area (Å²) in [6.07, 6.45) is 0. The van der Waals surface area contributed by atoms with E-state index in [4.69, 9.17) is 0 Å². The van der Waals surface area contributed by atoms with Crippen molar-refractivity contribution < 1.29 is 4.79 Å². The third-order valence-corrected chi connectivity index (χ3v) is 2.79. The Morgan fingerprint density at radius 2 is 1.44 bits per heavy atom. The summed E-state index contributed by atoms with van der Waals surface area (Å²) >= 11 is 0. The Morgan fingerprint density at radius 1 is 0.889 bits per heavy atom. The molecule has 0 fully saturated rings. The highest BCUT2D eigenvalue weighted by Crippen LogP contribution is 2.27. The molecule has 2 nitrogen and oxygen atoms in total. The van der Waals surface area contributed by atoms with E-state index in [1.54, 1.807) is 11.8 Å². The Kier molecular flexibility index (Phi) is 3.47. The highest BCUT2D eigenvalue weighted by Gasteiger charge is 2.13. The maximum Gasteiger partial charge on any atom is 0.228 e. The summed E-state index contributed by atoms with van der Waals surface area (Å²) in [7, 11) is 0. The van der Waals surface area contributed by atoms with Gasteiger partial charge in [-0.1, -0.05) is 24.3 Å². The SMILES string of the molecule is CC(=O)N(c1ccccc1)c1cc(C)cc(C)c1. The first-order valence-electron chi connectivity index (χ1n) is 6.02. The van der Waals surface area contributed by atoms with Gasteiger partial charge in [-0.05, 0) is 49.2 Å². The molecular weight excluding hydrogens is 222 g/mol. The van der Waals surface area contributed by atoms with Crippen molar-refractivity contribution in [1.29, 1.82) is 0 Å².